The van der Waals surface area contributed by atoms with Crippen molar-refractivity contribution in [2.75, 3.05) is 0 Å². The van der Waals surface area contributed by atoms with Crippen LogP contribution in [0.15, 0.2) is 44.9 Å². The lowest BCUT2D eigenvalue weighted by Gasteiger charge is -2.04. The van der Waals surface area contributed by atoms with Crippen molar-refractivity contribution in [1.82, 2.24) is 10.2 Å². The van der Waals surface area contributed by atoms with Gasteiger partial charge in [-0.05, 0) is 40.2 Å². The minimum atomic E-state index is -1.02. The number of carbonyl (C=O) groups is 1. The van der Waals surface area contributed by atoms with Crippen LogP contribution in [0.1, 0.15) is 15.9 Å². The van der Waals surface area contributed by atoms with Crippen LogP contribution in [0.2, 0.25) is 0 Å². The first-order chi connectivity index (χ1) is 9.11. The average Bonchev–Trinajstić information content (AvgIpc) is 2.41. The maximum atomic E-state index is 11.0. The molecular weight excluding hydrogens is 330 g/mol. The predicted molar refractivity (Wildman–Crippen MR) is 72.0 cm³/mol. The van der Waals surface area contributed by atoms with Crippen LogP contribution >= 0.6 is 27.7 Å². The Morgan fingerprint density at radius 3 is 2.89 bits per heavy atom. The lowest BCUT2D eigenvalue weighted by molar-refractivity contribution is 0.0695. The Morgan fingerprint density at radius 2 is 2.21 bits per heavy atom. The van der Waals surface area contributed by atoms with Gasteiger partial charge in [0.25, 0.3) is 0 Å². The first kappa shape index (κ1) is 13.5. The van der Waals surface area contributed by atoms with E-state index in [0.717, 1.165) is 0 Å². The van der Waals surface area contributed by atoms with Gasteiger partial charge < -0.3 is 5.11 Å². The molecule has 0 saturated heterocycles. The zero-order valence-electron chi connectivity index (χ0n) is 9.37. The van der Waals surface area contributed by atoms with Crippen LogP contribution in [0.25, 0.3) is 0 Å². The Kier molecular flexibility index (Phi) is 4.14. The third-order valence-electron chi connectivity index (χ3n) is 2.19. The van der Waals surface area contributed by atoms with Gasteiger partial charge in [-0.3, -0.25) is 0 Å². The van der Waals surface area contributed by atoms with Crippen molar-refractivity contribution >= 4 is 33.7 Å². The van der Waals surface area contributed by atoms with Gasteiger partial charge in [0, 0.05) is 9.37 Å². The lowest BCUT2D eigenvalue weighted by atomic mass is 10.2. The highest BCUT2D eigenvalue weighted by atomic mass is 79.9. The molecule has 0 spiro atoms. The normalized spacial score (nSPS) is 9.89. The van der Waals surface area contributed by atoms with Crippen LogP contribution in [0.3, 0.4) is 0 Å². The van der Waals surface area contributed by atoms with Gasteiger partial charge in [0.05, 0.1) is 17.3 Å². The molecule has 2 aromatic rings. The van der Waals surface area contributed by atoms with E-state index >= 15 is 0 Å². The lowest BCUT2D eigenvalue weighted by Crippen LogP contribution is -1.97. The topological polar surface area (TPSA) is 86.9 Å². The first-order valence-corrected chi connectivity index (χ1v) is 6.65. The smallest absolute Gasteiger partial charge is 0.336 e. The fraction of sp³-hybridized carbons (Fsp3) is 0. The fourth-order valence-corrected chi connectivity index (χ4v) is 2.59. The molecule has 0 aliphatic rings. The Labute approximate surface area is 121 Å². The van der Waals surface area contributed by atoms with Crippen molar-refractivity contribution < 1.29 is 9.90 Å². The summed E-state index contributed by atoms with van der Waals surface area (Å²) in [5, 5.41) is 26.0. The Morgan fingerprint density at radius 1 is 1.42 bits per heavy atom. The maximum Gasteiger partial charge on any atom is 0.336 e. The maximum absolute atomic E-state index is 11.0. The molecule has 0 saturated carbocycles. The summed E-state index contributed by atoms with van der Waals surface area (Å²) in [6.07, 6.45) is 1.44. The molecular formula is C12H6BrN3O2S. The van der Waals surface area contributed by atoms with Crippen molar-refractivity contribution in [2.24, 2.45) is 0 Å². The van der Waals surface area contributed by atoms with Crippen LogP contribution in [0.4, 0.5) is 0 Å². The quantitative estimate of drug-likeness (QED) is 0.927. The number of halogens is 1. The summed E-state index contributed by atoms with van der Waals surface area (Å²) in [5.74, 6) is -1.02. The Balaban J connectivity index is 2.37. The zero-order valence-corrected chi connectivity index (χ0v) is 11.8. The molecule has 1 aromatic carbocycles. The van der Waals surface area contributed by atoms with E-state index in [2.05, 4.69) is 26.1 Å². The minimum absolute atomic E-state index is 0.160. The molecule has 0 aliphatic heterocycles. The molecule has 1 aromatic heterocycles. The molecule has 0 aliphatic carbocycles. The number of aromatic carboxylic acids is 1. The molecule has 7 heteroatoms. The number of rotatable bonds is 3. The first-order valence-electron chi connectivity index (χ1n) is 5.04. The van der Waals surface area contributed by atoms with E-state index in [-0.39, 0.29) is 5.56 Å². The number of hydrogen-bond donors (Lipinski definition) is 1. The van der Waals surface area contributed by atoms with Gasteiger partial charge in [0.1, 0.15) is 11.1 Å². The van der Waals surface area contributed by atoms with Crippen molar-refractivity contribution in [2.45, 2.75) is 9.92 Å². The number of hydrogen-bond acceptors (Lipinski definition) is 5. The second-order valence-corrected chi connectivity index (χ2v) is 5.33. The SMILES string of the molecule is N#Cc1ccnnc1Sc1ccc(Br)c(C(=O)O)c1. The predicted octanol–water partition coefficient (Wildman–Crippen LogP) is 2.96. The van der Waals surface area contributed by atoms with Crippen molar-refractivity contribution in [1.29, 1.82) is 5.26 Å². The van der Waals surface area contributed by atoms with Gasteiger partial charge in [-0.2, -0.15) is 10.4 Å². The van der Waals surface area contributed by atoms with Gasteiger partial charge in [-0.25, -0.2) is 4.79 Å². The van der Waals surface area contributed by atoms with Crippen molar-refractivity contribution in [3.63, 3.8) is 0 Å². The van der Waals surface area contributed by atoms with Crippen LogP contribution in [0.5, 0.6) is 0 Å². The van der Waals surface area contributed by atoms with Gasteiger partial charge >= 0.3 is 5.97 Å². The Bertz CT molecular complexity index is 685. The summed E-state index contributed by atoms with van der Waals surface area (Å²) in [6.45, 7) is 0. The average molecular weight is 336 g/mol. The highest BCUT2D eigenvalue weighted by Gasteiger charge is 2.11. The monoisotopic (exact) mass is 335 g/mol. The van der Waals surface area contributed by atoms with Crippen LogP contribution < -0.4 is 0 Å². The Hall–Kier alpha value is -1.91. The summed E-state index contributed by atoms with van der Waals surface area (Å²) in [4.78, 5) is 11.7. The van der Waals surface area contributed by atoms with E-state index in [1.165, 1.54) is 24.0 Å². The van der Waals surface area contributed by atoms with Gasteiger partial charge in [-0.1, -0.05) is 11.8 Å². The molecule has 0 atom stereocenters. The fourth-order valence-electron chi connectivity index (χ4n) is 1.32. The summed E-state index contributed by atoms with van der Waals surface area (Å²) >= 11 is 4.37. The van der Waals surface area contributed by atoms with E-state index in [0.29, 0.717) is 20.0 Å². The number of nitriles is 1. The second kappa shape index (κ2) is 5.82. The summed E-state index contributed by atoms with van der Waals surface area (Å²) in [5.41, 5.74) is 0.562. The van der Waals surface area contributed by atoms with E-state index < -0.39 is 5.97 Å². The van der Waals surface area contributed by atoms with Crippen LogP contribution in [0, 0.1) is 11.3 Å². The van der Waals surface area contributed by atoms with E-state index in [4.69, 9.17) is 10.4 Å². The zero-order chi connectivity index (χ0) is 13.8. The molecule has 0 unspecified atom stereocenters. The number of carboxylic acids is 1. The summed E-state index contributed by atoms with van der Waals surface area (Å²) in [7, 11) is 0. The van der Waals surface area contributed by atoms with E-state index in [1.807, 2.05) is 6.07 Å². The van der Waals surface area contributed by atoms with E-state index in [9.17, 15) is 4.79 Å². The number of carboxylic acid groups (broad SMARTS) is 1. The number of benzene rings is 1. The van der Waals surface area contributed by atoms with Gasteiger partial charge in [0.2, 0.25) is 0 Å². The summed E-state index contributed by atoms with van der Waals surface area (Å²) in [6, 6.07) is 8.49. The second-order valence-electron chi connectivity index (χ2n) is 3.41. The minimum Gasteiger partial charge on any atom is -0.478 e. The molecule has 1 heterocycles. The molecule has 0 radical (unpaired) electrons. The number of nitrogens with zero attached hydrogens (tertiary/aromatic N) is 3. The molecule has 0 fully saturated rings. The third kappa shape index (κ3) is 3.10. The largest absolute Gasteiger partial charge is 0.478 e. The molecule has 5 nitrogen and oxygen atoms in total. The van der Waals surface area contributed by atoms with Crippen LogP contribution in [-0.2, 0) is 0 Å². The summed E-state index contributed by atoms with van der Waals surface area (Å²) < 4.78 is 0.504. The highest BCUT2D eigenvalue weighted by Crippen LogP contribution is 2.30. The molecule has 94 valence electrons. The molecule has 19 heavy (non-hydrogen) atoms. The molecule has 0 bridgehead atoms. The molecule has 1 N–H and O–H groups in total. The van der Waals surface area contributed by atoms with Gasteiger partial charge in [0.15, 0.2) is 0 Å². The standard InChI is InChI=1S/C12H6BrN3O2S/c13-10-2-1-8(5-9(10)12(17)18)19-11-7(6-14)3-4-15-16-11/h1-5H,(H,17,18). The highest BCUT2D eigenvalue weighted by molar-refractivity contribution is 9.10. The number of aromatic nitrogens is 2. The van der Waals surface area contributed by atoms with Gasteiger partial charge in [-0.15, -0.1) is 5.10 Å². The van der Waals surface area contributed by atoms with Crippen molar-refractivity contribution in [3.05, 3.63) is 46.1 Å². The van der Waals surface area contributed by atoms with Crippen LogP contribution in [-0.4, -0.2) is 21.3 Å². The van der Waals surface area contributed by atoms with Crippen molar-refractivity contribution in [3.8, 4) is 6.07 Å². The van der Waals surface area contributed by atoms with E-state index in [1.54, 1.807) is 18.2 Å². The molecule has 0 amide bonds. The third-order valence-corrected chi connectivity index (χ3v) is 3.87. The molecule has 2 rings (SSSR count).